The summed E-state index contributed by atoms with van der Waals surface area (Å²) in [5.74, 6) is 0.224. The number of benzene rings is 1. The number of nitrogens with zero attached hydrogens (tertiary/aromatic N) is 1. The van der Waals surface area contributed by atoms with E-state index in [1.54, 1.807) is 0 Å². The number of rotatable bonds is 2. The summed E-state index contributed by atoms with van der Waals surface area (Å²) < 4.78 is 13.0. The van der Waals surface area contributed by atoms with Crippen molar-refractivity contribution in [2.75, 3.05) is 0 Å². The minimum absolute atomic E-state index is 0.190. The van der Waals surface area contributed by atoms with Gasteiger partial charge < -0.3 is 0 Å². The lowest BCUT2D eigenvalue weighted by Gasteiger charge is -2.48. The number of ketones is 1. The summed E-state index contributed by atoms with van der Waals surface area (Å²) in [6.45, 7) is 2.17. The molecule has 1 aromatic rings. The Balaban J connectivity index is 1.84. The van der Waals surface area contributed by atoms with Crippen molar-refractivity contribution in [2.45, 2.75) is 57.2 Å². The number of carbonyl (C=O) groups excluding carboxylic acids is 1. The second kappa shape index (κ2) is 5.04. The van der Waals surface area contributed by atoms with Crippen molar-refractivity contribution in [3.05, 3.63) is 35.6 Å². The molecule has 3 atom stereocenters. The van der Waals surface area contributed by atoms with Gasteiger partial charge in [-0.05, 0) is 37.5 Å². The molecule has 3 rings (SSSR count). The van der Waals surface area contributed by atoms with Gasteiger partial charge in [-0.2, -0.15) is 0 Å². The van der Waals surface area contributed by atoms with Gasteiger partial charge in [0.15, 0.2) is 0 Å². The molecule has 2 fully saturated rings. The number of halogens is 1. The van der Waals surface area contributed by atoms with Crippen LogP contribution < -0.4 is 0 Å². The molecule has 2 heterocycles. The Kier molecular flexibility index (Phi) is 3.40. The Bertz CT molecular complexity index is 454. The predicted molar refractivity (Wildman–Crippen MR) is 72.3 cm³/mol. The Hall–Kier alpha value is -1.22. The summed E-state index contributed by atoms with van der Waals surface area (Å²) >= 11 is 0. The molecule has 2 nitrogen and oxygen atoms in total. The van der Waals surface area contributed by atoms with E-state index < -0.39 is 0 Å². The number of hydrogen-bond acceptors (Lipinski definition) is 2. The summed E-state index contributed by atoms with van der Waals surface area (Å²) in [6, 6.07) is 7.83. The van der Waals surface area contributed by atoms with Crippen LogP contribution in [0.25, 0.3) is 0 Å². The molecule has 1 aromatic carbocycles. The van der Waals surface area contributed by atoms with Crippen LogP contribution >= 0.6 is 0 Å². The van der Waals surface area contributed by atoms with Gasteiger partial charge in [-0.1, -0.05) is 18.6 Å². The van der Waals surface area contributed by atoms with Gasteiger partial charge >= 0.3 is 0 Å². The van der Waals surface area contributed by atoms with Gasteiger partial charge in [0.2, 0.25) is 0 Å². The first-order valence-corrected chi connectivity index (χ1v) is 7.20. The van der Waals surface area contributed by atoms with Crippen molar-refractivity contribution >= 4 is 5.78 Å². The van der Waals surface area contributed by atoms with Crippen LogP contribution in [0.2, 0.25) is 0 Å². The van der Waals surface area contributed by atoms with E-state index in [1.165, 1.54) is 18.6 Å². The summed E-state index contributed by atoms with van der Waals surface area (Å²) in [4.78, 5) is 14.2. The normalized spacial score (nSPS) is 29.3. The van der Waals surface area contributed by atoms with Crippen molar-refractivity contribution in [1.82, 2.24) is 4.90 Å². The molecule has 0 N–H and O–H groups in total. The lowest BCUT2D eigenvalue weighted by molar-refractivity contribution is -0.128. The van der Waals surface area contributed by atoms with Crippen molar-refractivity contribution < 1.29 is 9.18 Å². The average Bonchev–Trinajstić information content (AvgIpc) is 2.37. The van der Waals surface area contributed by atoms with Gasteiger partial charge in [0.25, 0.3) is 0 Å². The molecule has 2 bridgehead atoms. The third kappa shape index (κ3) is 2.44. The first kappa shape index (κ1) is 12.8. The Morgan fingerprint density at radius 3 is 2.32 bits per heavy atom. The molecule has 0 aromatic heterocycles. The minimum atomic E-state index is -0.190. The molecule has 2 saturated heterocycles. The van der Waals surface area contributed by atoms with Gasteiger partial charge in [0.1, 0.15) is 11.6 Å². The van der Waals surface area contributed by atoms with Crippen molar-refractivity contribution in [3.8, 4) is 0 Å². The average molecular weight is 261 g/mol. The van der Waals surface area contributed by atoms with E-state index in [9.17, 15) is 9.18 Å². The number of fused-ring (bicyclic) bond motifs is 2. The Morgan fingerprint density at radius 1 is 1.16 bits per heavy atom. The number of hydrogen-bond donors (Lipinski definition) is 0. The van der Waals surface area contributed by atoms with E-state index in [1.807, 2.05) is 12.1 Å². The number of piperidine rings is 2. The van der Waals surface area contributed by atoms with Gasteiger partial charge in [0.05, 0.1) is 0 Å². The van der Waals surface area contributed by atoms with E-state index in [-0.39, 0.29) is 11.9 Å². The van der Waals surface area contributed by atoms with Crippen LogP contribution in [0.5, 0.6) is 0 Å². The van der Waals surface area contributed by atoms with E-state index in [4.69, 9.17) is 0 Å². The van der Waals surface area contributed by atoms with Crippen molar-refractivity contribution in [2.24, 2.45) is 0 Å². The van der Waals surface area contributed by atoms with Crippen molar-refractivity contribution in [1.29, 1.82) is 0 Å². The quantitative estimate of drug-likeness (QED) is 0.812. The maximum Gasteiger partial charge on any atom is 0.136 e. The molecular formula is C16H20FNO. The van der Waals surface area contributed by atoms with Crippen LogP contribution in [-0.2, 0) is 4.79 Å². The third-order valence-electron chi connectivity index (χ3n) is 4.64. The highest BCUT2D eigenvalue weighted by atomic mass is 19.1. The molecule has 0 aliphatic carbocycles. The van der Waals surface area contributed by atoms with E-state index in [0.29, 0.717) is 30.7 Å². The zero-order chi connectivity index (χ0) is 13.4. The molecule has 0 saturated carbocycles. The van der Waals surface area contributed by atoms with Crippen LogP contribution in [0.3, 0.4) is 0 Å². The fourth-order valence-corrected chi connectivity index (χ4v) is 3.76. The monoisotopic (exact) mass is 261 g/mol. The Morgan fingerprint density at radius 2 is 1.74 bits per heavy atom. The molecule has 3 unspecified atom stereocenters. The molecule has 19 heavy (non-hydrogen) atoms. The van der Waals surface area contributed by atoms with Crippen LogP contribution in [0.15, 0.2) is 24.3 Å². The van der Waals surface area contributed by atoms with Crippen LogP contribution in [0.4, 0.5) is 4.39 Å². The SMILES string of the molecule is CC(c1ccc(F)cc1)N1C2CCCC1CC(=O)C2. The molecule has 2 aliphatic rings. The highest BCUT2D eigenvalue weighted by Gasteiger charge is 2.40. The fourth-order valence-electron chi connectivity index (χ4n) is 3.76. The fraction of sp³-hybridized carbons (Fsp3) is 0.562. The van der Waals surface area contributed by atoms with E-state index in [2.05, 4.69) is 11.8 Å². The lowest BCUT2D eigenvalue weighted by Crippen LogP contribution is -2.53. The van der Waals surface area contributed by atoms with Crippen LogP contribution in [0.1, 0.15) is 50.6 Å². The molecular weight excluding hydrogens is 241 g/mol. The second-order valence-electron chi connectivity index (χ2n) is 5.86. The highest BCUT2D eigenvalue weighted by molar-refractivity contribution is 5.80. The predicted octanol–water partition coefficient (Wildman–Crippen LogP) is 3.47. The van der Waals surface area contributed by atoms with Gasteiger partial charge in [0, 0.05) is 31.0 Å². The molecule has 0 radical (unpaired) electrons. The second-order valence-corrected chi connectivity index (χ2v) is 5.86. The summed E-state index contributed by atoms with van der Waals surface area (Å²) in [5.41, 5.74) is 1.15. The van der Waals surface area contributed by atoms with E-state index >= 15 is 0 Å². The molecule has 2 aliphatic heterocycles. The van der Waals surface area contributed by atoms with Crippen LogP contribution in [0, 0.1) is 5.82 Å². The first-order chi connectivity index (χ1) is 9.15. The number of carbonyl (C=O) groups is 1. The maximum absolute atomic E-state index is 13.0. The third-order valence-corrected chi connectivity index (χ3v) is 4.64. The van der Waals surface area contributed by atoms with Gasteiger partial charge in [-0.15, -0.1) is 0 Å². The van der Waals surface area contributed by atoms with Gasteiger partial charge in [-0.3, -0.25) is 9.69 Å². The standard InChI is InChI=1S/C16H20FNO/c1-11(12-5-7-13(17)8-6-12)18-14-3-2-4-15(18)10-16(19)9-14/h5-8,11,14-15H,2-4,9-10H2,1H3. The van der Waals surface area contributed by atoms with Gasteiger partial charge in [-0.25, -0.2) is 4.39 Å². The largest absolute Gasteiger partial charge is 0.300 e. The molecule has 3 heteroatoms. The zero-order valence-electron chi connectivity index (χ0n) is 11.3. The van der Waals surface area contributed by atoms with Crippen molar-refractivity contribution in [3.63, 3.8) is 0 Å². The maximum atomic E-state index is 13.0. The van der Waals surface area contributed by atoms with E-state index in [0.717, 1.165) is 18.4 Å². The summed E-state index contributed by atoms with van der Waals surface area (Å²) in [5, 5.41) is 0. The smallest absolute Gasteiger partial charge is 0.136 e. The lowest BCUT2D eigenvalue weighted by atomic mass is 9.82. The molecule has 0 spiro atoms. The number of Topliss-reactive ketones (excluding diaryl/α,β-unsaturated/α-hetero) is 1. The first-order valence-electron chi connectivity index (χ1n) is 7.20. The Labute approximate surface area is 113 Å². The minimum Gasteiger partial charge on any atom is -0.300 e. The summed E-state index contributed by atoms with van der Waals surface area (Å²) in [6.07, 6.45) is 4.86. The summed E-state index contributed by atoms with van der Waals surface area (Å²) in [7, 11) is 0. The molecule has 0 amide bonds. The highest BCUT2D eigenvalue weighted by Crippen LogP contribution is 2.38. The van der Waals surface area contributed by atoms with Crippen LogP contribution in [-0.4, -0.2) is 22.8 Å². The topological polar surface area (TPSA) is 20.3 Å². The molecule has 102 valence electrons. The zero-order valence-corrected chi connectivity index (χ0v) is 11.3.